The van der Waals surface area contributed by atoms with Gasteiger partial charge in [-0.15, -0.1) is 11.8 Å². The molecule has 0 saturated heterocycles. The number of carbonyl (C=O) groups excluding carboxylic acids is 1. The molecule has 0 saturated carbocycles. The van der Waals surface area contributed by atoms with E-state index in [0.29, 0.717) is 5.75 Å². The van der Waals surface area contributed by atoms with Crippen molar-refractivity contribution in [1.82, 2.24) is 0 Å². The topological polar surface area (TPSA) is 17.1 Å². The van der Waals surface area contributed by atoms with Crippen molar-refractivity contribution in [2.75, 3.05) is 5.75 Å². The van der Waals surface area contributed by atoms with Gasteiger partial charge in [-0.25, -0.2) is 0 Å². The van der Waals surface area contributed by atoms with Gasteiger partial charge in [-0.2, -0.15) is 0 Å². The molecular formula is C4H5ClOS. The first-order valence-corrected chi connectivity index (χ1v) is 3.21. The van der Waals surface area contributed by atoms with E-state index in [0.717, 1.165) is 6.29 Å². The van der Waals surface area contributed by atoms with Crippen molar-refractivity contribution in [1.29, 1.82) is 0 Å². The van der Waals surface area contributed by atoms with E-state index < -0.39 is 0 Å². The van der Waals surface area contributed by atoms with Gasteiger partial charge in [0.25, 0.3) is 0 Å². The van der Waals surface area contributed by atoms with Gasteiger partial charge in [0.05, 0.1) is 5.75 Å². The highest BCUT2D eigenvalue weighted by atomic mass is 35.5. The number of halogens is 1. The zero-order chi connectivity index (χ0) is 5.54. The van der Waals surface area contributed by atoms with Crippen LogP contribution in [0.15, 0.2) is 10.9 Å². The monoisotopic (exact) mass is 136 g/mol. The molecule has 0 atom stereocenters. The molecule has 0 amide bonds. The molecule has 3 heteroatoms. The van der Waals surface area contributed by atoms with Crippen LogP contribution in [0.2, 0.25) is 0 Å². The number of thioether (sulfide) groups is 1. The fourth-order valence-electron chi connectivity index (χ4n) is 0.131. The Morgan fingerprint density at radius 2 is 2.43 bits per heavy atom. The average molecular weight is 137 g/mol. The summed E-state index contributed by atoms with van der Waals surface area (Å²) in [6, 6.07) is 0. The van der Waals surface area contributed by atoms with E-state index in [2.05, 4.69) is 0 Å². The van der Waals surface area contributed by atoms with Crippen molar-refractivity contribution in [2.24, 2.45) is 0 Å². The largest absolute Gasteiger partial charge is 0.302 e. The van der Waals surface area contributed by atoms with Crippen LogP contribution in [0.3, 0.4) is 0 Å². The SMILES string of the molecule is O=CCSC=CCl. The molecule has 7 heavy (non-hydrogen) atoms. The Labute approximate surface area is 51.7 Å². The number of rotatable bonds is 3. The summed E-state index contributed by atoms with van der Waals surface area (Å²) in [6.07, 6.45) is 0.835. The highest BCUT2D eigenvalue weighted by Gasteiger charge is 1.72. The predicted molar refractivity (Wildman–Crippen MR) is 33.5 cm³/mol. The van der Waals surface area contributed by atoms with Crippen molar-refractivity contribution in [3.63, 3.8) is 0 Å². The number of hydrogen-bond acceptors (Lipinski definition) is 2. The fraction of sp³-hybridized carbons (Fsp3) is 0.250. The Balaban J connectivity index is 2.82. The van der Waals surface area contributed by atoms with Gasteiger partial charge in [0, 0.05) is 5.54 Å². The molecule has 0 unspecified atom stereocenters. The molecule has 0 aliphatic heterocycles. The van der Waals surface area contributed by atoms with E-state index in [-0.39, 0.29) is 0 Å². The lowest BCUT2D eigenvalue weighted by molar-refractivity contribution is -0.105. The van der Waals surface area contributed by atoms with E-state index in [1.165, 1.54) is 17.3 Å². The number of hydrogen-bond donors (Lipinski definition) is 0. The quantitative estimate of drug-likeness (QED) is 0.433. The molecule has 0 rings (SSSR count). The number of carbonyl (C=O) groups is 1. The molecule has 0 heterocycles. The van der Waals surface area contributed by atoms with Crippen LogP contribution in [0, 0.1) is 0 Å². The van der Waals surface area contributed by atoms with Crippen LogP contribution in [-0.4, -0.2) is 12.0 Å². The maximum Gasteiger partial charge on any atom is 0.130 e. The minimum absolute atomic E-state index is 0.489. The van der Waals surface area contributed by atoms with Gasteiger partial charge in [-0.05, 0) is 5.41 Å². The Morgan fingerprint density at radius 1 is 1.71 bits per heavy atom. The zero-order valence-corrected chi connectivity index (χ0v) is 5.21. The molecule has 0 aliphatic rings. The zero-order valence-electron chi connectivity index (χ0n) is 3.63. The Morgan fingerprint density at radius 3 is 2.86 bits per heavy atom. The molecule has 0 spiro atoms. The first-order chi connectivity index (χ1) is 3.41. The maximum absolute atomic E-state index is 9.58. The summed E-state index contributed by atoms with van der Waals surface area (Å²) in [7, 11) is 0. The second kappa shape index (κ2) is 6.05. The Bertz CT molecular complexity index is 72.1. The fourth-order valence-corrected chi connectivity index (χ4v) is 0.612. The van der Waals surface area contributed by atoms with Crippen molar-refractivity contribution >= 4 is 29.6 Å². The molecule has 0 aromatic carbocycles. The molecule has 0 aliphatic carbocycles. The van der Waals surface area contributed by atoms with E-state index >= 15 is 0 Å². The summed E-state index contributed by atoms with van der Waals surface area (Å²) in [5, 5.41) is 1.66. The maximum atomic E-state index is 9.58. The third-order valence-corrected chi connectivity index (χ3v) is 1.24. The van der Waals surface area contributed by atoms with Crippen LogP contribution in [0.25, 0.3) is 0 Å². The van der Waals surface area contributed by atoms with E-state index in [1.54, 1.807) is 5.41 Å². The van der Waals surface area contributed by atoms with Crippen molar-refractivity contribution in [2.45, 2.75) is 0 Å². The average Bonchev–Trinajstić information content (AvgIpc) is 1.69. The molecular weight excluding hydrogens is 132 g/mol. The van der Waals surface area contributed by atoms with Gasteiger partial charge in [0.2, 0.25) is 0 Å². The van der Waals surface area contributed by atoms with E-state index in [4.69, 9.17) is 11.6 Å². The highest BCUT2D eigenvalue weighted by molar-refractivity contribution is 8.02. The second-order valence-corrected chi connectivity index (χ2v) is 1.95. The predicted octanol–water partition coefficient (Wildman–Crippen LogP) is 1.63. The van der Waals surface area contributed by atoms with Crippen molar-refractivity contribution < 1.29 is 4.79 Å². The summed E-state index contributed by atoms with van der Waals surface area (Å²) >= 11 is 6.49. The standard InChI is InChI=1S/C4H5ClOS/c5-1-3-7-4-2-6/h1-3H,4H2. The van der Waals surface area contributed by atoms with Gasteiger partial charge >= 0.3 is 0 Å². The van der Waals surface area contributed by atoms with E-state index in [9.17, 15) is 4.79 Å². The van der Waals surface area contributed by atoms with Gasteiger partial charge in [0.1, 0.15) is 6.29 Å². The molecule has 0 fully saturated rings. The summed E-state index contributed by atoms with van der Waals surface area (Å²) in [4.78, 5) is 9.58. The lowest BCUT2D eigenvalue weighted by atomic mass is 10.9. The van der Waals surface area contributed by atoms with E-state index in [1.807, 2.05) is 0 Å². The van der Waals surface area contributed by atoms with Crippen LogP contribution >= 0.6 is 23.4 Å². The van der Waals surface area contributed by atoms with Crippen LogP contribution in [0.4, 0.5) is 0 Å². The first kappa shape index (κ1) is 7.05. The molecule has 40 valence electrons. The summed E-state index contributed by atoms with van der Waals surface area (Å²) < 4.78 is 0. The van der Waals surface area contributed by atoms with Crippen molar-refractivity contribution in [3.05, 3.63) is 10.9 Å². The minimum Gasteiger partial charge on any atom is -0.302 e. The van der Waals surface area contributed by atoms with Crippen LogP contribution in [0.5, 0.6) is 0 Å². The molecule has 0 bridgehead atoms. The van der Waals surface area contributed by atoms with Gasteiger partial charge in [0.15, 0.2) is 0 Å². The molecule has 0 aromatic rings. The summed E-state index contributed by atoms with van der Waals surface area (Å²) in [6.45, 7) is 0. The normalized spacial score (nSPS) is 9.86. The van der Waals surface area contributed by atoms with Crippen molar-refractivity contribution in [3.8, 4) is 0 Å². The smallest absolute Gasteiger partial charge is 0.130 e. The number of aldehydes is 1. The molecule has 0 N–H and O–H groups in total. The van der Waals surface area contributed by atoms with Gasteiger partial charge < -0.3 is 4.79 Å². The summed E-state index contributed by atoms with van der Waals surface area (Å²) in [5.74, 6) is 0.489. The highest BCUT2D eigenvalue weighted by Crippen LogP contribution is 1.98. The first-order valence-electron chi connectivity index (χ1n) is 1.72. The van der Waals surface area contributed by atoms with Gasteiger partial charge in [-0.3, -0.25) is 0 Å². The van der Waals surface area contributed by atoms with Gasteiger partial charge in [-0.1, -0.05) is 11.6 Å². The lowest BCUT2D eigenvalue weighted by Crippen LogP contribution is -1.70. The minimum atomic E-state index is 0.489. The van der Waals surface area contributed by atoms with Crippen LogP contribution < -0.4 is 0 Å². The third kappa shape index (κ3) is 6.05. The summed E-state index contributed by atoms with van der Waals surface area (Å²) in [5.41, 5.74) is 1.38. The molecule has 1 nitrogen and oxygen atoms in total. The van der Waals surface area contributed by atoms with Crippen LogP contribution in [-0.2, 0) is 4.79 Å². The Hall–Kier alpha value is 0.0500. The third-order valence-electron chi connectivity index (χ3n) is 0.312. The van der Waals surface area contributed by atoms with Crippen LogP contribution in [0.1, 0.15) is 0 Å². The second-order valence-electron chi connectivity index (χ2n) is 0.762. The molecule has 0 aromatic heterocycles. The Kier molecular flexibility index (Phi) is 6.09. The molecule has 0 radical (unpaired) electrons. The lowest BCUT2D eigenvalue weighted by Gasteiger charge is -1.75.